The molecule has 1 rings (SSSR count). The first-order chi connectivity index (χ1) is 7.10. The van der Waals surface area contributed by atoms with Gasteiger partial charge in [0.05, 0.1) is 6.54 Å². The molecule has 0 aliphatic heterocycles. The van der Waals surface area contributed by atoms with Crippen molar-refractivity contribution in [3.05, 3.63) is 22.4 Å². The van der Waals surface area contributed by atoms with Crippen LogP contribution in [0.3, 0.4) is 0 Å². The standard InChI is InChI=1S/C11H13BrN2O/c1-4-6-13(3)11(15)10-7-9(12)8-14(10)5-2/h1,7-8H,5-6H2,2-3H3. The van der Waals surface area contributed by atoms with Crippen molar-refractivity contribution in [3.63, 3.8) is 0 Å². The van der Waals surface area contributed by atoms with E-state index in [9.17, 15) is 4.79 Å². The lowest BCUT2D eigenvalue weighted by molar-refractivity contribution is 0.0802. The Hall–Kier alpha value is -1.21. The lowest BCUT2D eigenvalue weighted by Crippen LogP contribution is -2.28. The third kappa shape index (κ3) is 2.63. The van der Waals surface area contributed by atoms with Crippen molar-refractivity contribution in [1.82, 2.24) is 9.47 Å². The van der Waals surface area contributed by atoms with Gasteiger partial charge < -0.3 is 9.47 Å². The average molecular weight is 269 g/mol. The maximum atomic E-state index is 11.9. The summed E-state index contributed by atoms with van der Waals surface area (Å²) in [6.07, 6.45) is 7.05. The Balaban J connectivity index is 2.95. The Kier molecular flexibility index (Phi) is 3.98. The van der Waals surface area contributed by atoms with Gasteiger partial charge in [-0.05, 0) is 28.9 Å². The van der Waals surface area contributed by atoms with E-state index in [1.54, 1.807) is 13.1 Å². The molecule has 15 heavy (non-hydrogen) atoms. The molecule has 0 saturated carbocycles. The van der Waals surface area contributed by atoms with E-state index in [1.807, 2.05) is 17.7 Å². The van der Waals surface area contributed by atoms with Crippen LogP contribution in [0.25, 0.3) is 0 Å². The monoisotopic (exact) mass is 268 g/mol. The Morgan fingerprint density at radius 2 is 2.40 bits per heavy atom. The minimum atomic E-state index is -0.0551. The van der Waals surface area contributed by atoms with Crippen LogP contribution in [0.1, 0.15) is 17.4 Å². The van der Waals surface area contributed by atoms with Gasteiger partial charge in [0.1, 0.15) is 5.69 Å². The fraction of sp³-hybridized carbons (Fsp3) is 0.364. The molecule has 0 aliphatic carbocycles. The summed E-state index contributed by atoms with van der Waals surface area (Å²) >= 11 is 3.35. The van der Waals surface area contributed by atoms with Gasteiger partial charge >= 0.3 is 0 Å². The quantitative estimate of drug-likeness (QED) is 0.770. The van der Waals surface area contributed by atoms with Gasteiger partial charge in [-0.25, -0.2) is 0 Å². The van der Waals surface area contributed by atoms with E-state index < -0.39 is 0 Å². The van der Waals surface area contributed by atoms with Crippen LogP contribution >= 0.6 is 15.9 Å². The molecule has 0 saturated heterocycles. The molecule has 0 N–H and O–H groups in total. The van der Waals surface area contributed by atoms with Gasteiger partial charge in [0.2, 0.25) is 0 Å². The van der Waals surface area contributed by atoms with Crippen molar-refractivity contribution in [2.24, 2.45) is 0 Å². The molecule has 0 aromatic carbocycles. The van der Waals surface area contributed by atoms with Gasteiger partial charge in [-0.3, -0.25) is 4.79 Å². The van der Waals surface area contributed by atoms with E-state index in [-0.39, 0.29) is 5.91 Å². The first-order valence-corrected chi connectivity index (χ1v) is 5.44. The first-order valence-electron chi connectivity index (χ1n) is 4.64. The second kappa shape index (κ2) is 5.04. The number of hydrogen-bond donors (Lipinski definition) is 0. The van der Waals surface area contributed by atoms with E-state index >= 15 is 0 Å². The predicted octanol–water partition coefficient (Wildman–Crippen LogP) is 1.98. The van der Waals surface area contributed by atoms with Gasteiger partial charge in [0, 0.05) is 24.3 Å². The number of hydrogen-bond acceptors (Lipinski definition) is 1. The number of aryl methyl sites for hydroxylation is 1. The topological polar surface area (TPSA) is 25.2 Å². The normalized spacial score (nSPS) is 9.73. The zero-order chi connectivity index (χ0) is 11.4. The number of rotatable bonds is 3. The second-order valence-electron chi connectivity index (χ2n) is 3.19. The molecule has 0 unspecified atom stereocenters. The van der Waals surface area contributed by atoms with Crippen molar-refractivity contribution < 1.29 is 4.79 Å². The van der Waals surface area contributed by atoms with Crippen LogP contribution in [0.4, 0.5) is 0 Å². The Labute approximate surface area is 98.2 Å². The minimum Gasteiger partial charge on any atom is -0.343 e. The van der Waals surface area contributed by atoms with E-state index in [0.717, 1.165) is 11.0 Å². The highest BCUT2D eigenvalue weighted by Crippen LogP contribution is 2.16. The van der Waals surface area contributed by atoms with Crippen LogP contribution in [-0.4, -0.2) is 29.0 Å². The molecule has 1 aromatic heterocycles. The lowest BCUT2D eigenvalue weighted by atomic mass is 10.3. The van der Waals surface area contributed by atoms with Crippen LogP contribution in [0.15, 0.2) is 16.7 Å². The molecule has 0 fully saturated rings. The largest absolute Gasteiger partial charge is 0.343 e. The number of terminal acetylenes is 1. The molecular weight excluding hydrogens is 256 g/mol. The Morgan fingerprint density at radius 3 is 2.93 bits per heavy atom. The predicted molar refractivity (Wildman–Crippen MR) is 63.6 cm³/mol. The average Bonchev–Trinajstić information content (AvgIpc) is 2.58. The Bertz CT molecular complexity index is 403. The van der Waals surface area contributed by atoms with Crippen LogP contribution in [0, 0.1) is 12.3 Å². The third-order valence-electron chi connectivity index (χ3n) is 2.10. The molecule has 80 valence electrons. The molecule has 0 bridgehead atoms. The van der Waals surface area contributed by atoms with Crippen molar-refractivity contribution in [2.75, 3.05) is 13.6 Å². The summed E-state index contributed by atoms with van der Waals surface area (Å²) in [5, 5.41) is 0. The molecule has 0 spiro atoms. The molecule has 1 aromatic rings. The molecule has 0 aliphatic rings. The summed E-state index contributed by atoms with van der Waals surface area (Å²) in [5.41, 5.74) is 0.655. The molecule has 4 heteroatoms. The van der Waals surface area contributed by atoms with Crippen molar-refractivity contribution >= 4 is 21.8 Å². The van der Waals surface area contributed by atoms with Crippen LogP contribution in [0.5, 0.6) is 0 Å². The first kappa shape index (κ1) is 11.9. The lowest BCUT2D eigenvalue weighted by Gasteiger charge is -2.14. The number of amides is 1. The fourth-order valence-corrected chi connectivity index (χ4v) is 1.78. The summed E-state index contributed by atoms with van der Waals surface area (Å²) in [6, 6.07) is 1.80. The van der Waals surface area contributed by atoms with Gasteiger partial charge in [0.25, 0.3) is 5.91 Å². The molecule has 3 nitrogen and oxygen atoms in total. The van der Waals surface area contributed by atoms with Crippen molar-refractivity contribution in [1.29, 1.82) is 0 Å². The van der Waals surface area contributed by atoms with E-state index in [2.05, 4.69) is 21.9 Å². The van der Waals surface area contributed by atoms with Gasteiger partial charge in [0.15, 0.2) is 0 Å². The third-order valence-corrected chi connectivity index (χ3v) is 2.53. The fourth-order valence-electron chi connectivity index (χ4n) is 1.32. The summed E-state index contributed by atoms with van der Waals surface area (Å²) in [5.74, 6) is 2.39. The van der Waals surface area contributed by atoms with E-state index in [0.29, 0.717) is 12.2 Å². The van der Waals surface area contributed by atoms with Gasteiger partial charge in [-0.15, -0.1) is 6.42 Å². The van der Waals surface area contributed by atoms with Crippen LogP contribution in [-0.2, 0) is 6.54 Å². The van der Waals surface area contributed by atoms with Crippen molar-refractivity contribution in [2.45, 2.75) is 13.5 Å². The molecule has 0 atom stereocenters. The highest BCUT2D eigenvalue weighted by atomic mass is 79.9. The van der Waals surface area contributed by atoms with E-state index in [4.69, 9.17) is 6.42 Å². The summed E-state index contributed by atoms with van der Waals surface area (Å²) in [6.45, 7) is 3.08. The molecule has 0 radical (unpaired) electrons. The highest BCUT2D eigenvalue weighted by Gasteiger charge is 2.15. The van der Waals surface area contributed by atoms with Crippen molar-refractivity contribution in [3.8, 4) is 12.3 Å². The summed E-state index contributed by atoms with van der Waals surface area (Å²) < 4.78 is 2.79. The summed E-state index contributed by atoms with van der Waals surface area (Å²) in [7, 11) is 1.70. The number of carbonyl (C=O) groups excluding carboxylic acids is 1. The number of nitrogens with zero attached hydrogens (tertiary/aromatic N) is 2. The van der Waals surface area contributed by atoms with Crippen LogP contribution in [0.2, 0.25) is 0 Å². The summed E-state index contributed by atoms with van der Waals surface area (Å²) in [4.78, 5) is 13.4. The maximum absolute atomic E-state index is 11.9. The van der Waals surface area contributed by atoms with Crippen LogP contribution < -0.4 is 0 Å². The minimum absolute atomic E-state index is 0.0551. The van der Waals surface area contributed by atoms with E-state index in [1.165, 1.54) is 4.90 Å². The molecular formula is C11H13BrN2O. The second-order valence-corrected chi connectivity index (χ2v) is 4.11. The smallest absolute Gasteiger partial charge is 0.271 e. The Morgan fingerprint density at radius 1 is 1.73 bits per heavy atom. The highest BCUT2D eigenvalue weighted by molar-refractivity contribution is 9.10. The zero-order valence-electron chi connectivity index (χ0n) is 8.83. The number of carbonyl (C=O) groups is 1. The number of halogens is 1. The zero-order valence-corrected chi connectivity index (χ0v) is 10.4. The SMILES string of the molecule is C#CCN(C)C(=O)c1cc(Br)cn1CC. The van der Waals surface area contributed by atoms with Gasteiger partial charge in [-0.1, -0.05) is 5.92 Å². The molecule has 1 amide bonds. The molecule has 1 heterocycles. The maximum Gasteiger partial charge on any atom is 0.271 e. The van der Waals surface area contributed by atoms with Gasteiger partial charge in [-0.2, -0.15) is 0 Å². The number of aromatic nitrogens is 1.